The van der Waals surface area contributed by atoms with E-state index in [2.05, 4.69) is 10.6 Å². The first-order valence-electron chi connectivity index (χ1n) is 6.35. The van der Waals surface area contributed by atoms with Gasteiger partial charge in [0.05, 0.1) is 13.2 Å². The third-order valence-corrected chi connectivity index (χ3v) is 2.36. The van der Waals surface area contributed by atoms with Crippen molar-refractivity contribution >= 4 is 36.1 Å². The topological polar surface area (TPSA) is 117 Å². The Balaban J connectivity index is 2.91. The highest BCUT2D eigenvalue weighted by atomic mass is 16.6. The molecule has 0 aromatic heterocycles. The van der Waals surface area contributed by atoms with Gasteiger partial charge in [-0.25, -0.2) is 9.59 Å². The Morgan fingerprint density at radius 2 is 1.67 bits per heavy atom. The number of ether oxygens (including phenoxy) is 2. The molecule has 0 atom stereocenters. The van der Waals surface area contributed by atoms with Crippen molar-refractivity contribution in [1.29, 1.82) is 0 Å². The summed E-state index contributed by atoms with van der Waals surface area (Å²) in [5.74, 6) is 0. The smallest absolute Gasteiger partial charge is 0.450 e. The Bertz CT molecular complexity index is 509. The van der Waals surface area contributed by atoms with Gasteiger partial charge in [-0.15, -0.1) is 0 Å². The van der Waals surface area contributed by atoms with Crippen molar-refractivity contribution in [2.24, 2.45) is 0 Å². The van der Waals surface area contributed by atoms with Crippen LogP contribution >= 0.6 is 0 Å². The molecule has 114 valence electrons. The van der Waals surface area contributed by atoms with Crippen LogP contribution in [0.2, 0.25) is 0 Å². The van der Waals surface area contributed by atoms with Crippen LogP contribution in [0.4, 0.5) is 21.0 Å². The van der Waals surface area contributed by atoms with Crippen LogP contribution in [0.5, 0.6) is 0 Å². The van der Waals surface area contributed by atoms with Crippen LogP contribution in [-0.2, 0) is 9.47 Å². The monoisotopic (exact) mass is 296 g/mol. The lowest BCUT2D eigenvalue weighted by molar-refractivity contribution is 0.167. The van der Waals surface area contributed by atoms with E-state index in [0.717, 1.165) is 0 Å². The molecule has 21 heavy (non-hydrogen) atoms. The third kappa shape index (κ3) is 5.32. The van der Waals surface area contributed by atoms with Crippen LogP contribution in [0.1, 0.15) is 13.8 Å². The highest BCUT2D eigenvalue weighted by molar-refractivity contribution is 6.61. The van der Waals surface area contributed by atoms with E-state index in [4.69, 9.17) is 9.47 Å². The van der Waals surface area contributed by atoms with Gasteiger partial charge in [0.2, 0.25) is 0 Å². The van der Waals surface area contributed by atoms with Crippen LogP contribution in [0.15, 0.2) is 18.2 Å². The van der Waals surface area contributed by atoms with Gasteiger partial charge in [0, 0.05) is 16.8 Å². The van der Waals surface area contributed by atoms with Gasteiger partial charge in [0.1, 0.15) is 0 Å². The summed E-state index contributed by atoms with van der Waals surface area (Å²) in [6, 6.07) is 4.20. The molecule has 0 aliphatic heterocycles. The number of carbonyl (C=O) groups excluding carboxylic acids is 2. The molecule has 0 spiro atoms. The van der Waals surface area contributed by atoms with Crippen LogP contribution in [0.3, 0.4) is 0 Å². The Morgan fingerprint density at radius 1 is 1.10 bits per heavy atom. The number of anilines is 2. The maximum atomic E-state index is 11.3. The third-order valence-electron chi connectivity index (χ3n) is 2.36. The van der Waals surface area contributed by atoms with E-state index in [1.54, 1.807) is 13.8 Å². The molecule has 0 unspecified atom stereocenters. The number of hydrogen-bond acceptors (Lipinski definition) is 6. The minimum Gasteiger partial charge on any atom is -0.450 e. The lowest BCUT2D eigenvalue weighted by Gasteiger charge is -2.13. The molecule has 0 saturated heterocycles. The molecular weight excluding hydrogens is 279 g/mol. The van der Waals surface area contributed by atoms with Gasteiger partial charge in [-0.05, 0) is 32.0 Å². The van der Waals surface area contributed by atoms with Crippen molar-refractivity contribution in [2.45, 2.75) is 13.8 Å². The summed E-state index contributed by atoms with van der Waals surface area (Å²) in [6.45, 7) is 3.71. The minimum atomic E-state index is -1.83. The van der Waals surface area contributed by atoms with Crippen LogP contribution < -0.4 is 16.1 Å². The van der Waals surface area contributed by atoms with Gasteiger partial charge >= 0.3 is 19.3 Å². The molecule has 1 rings (SSSR count). The zero-order chi connectivity index (χ0) is 15.8. The normalized spacial score (nSPS) is 9.71. The summed E-state index contributed by atoms with van der Waals surface area (Å²) in [5, 5.41) is 23.4. The van der Waals surface area contributed by atoms with Crippen LogP contribution in [-0.4, -0.2) is 42.6 Å². The number of carbonyl (C=O) groups is 2. The molecule has 0 aliphatic carbocycles. The average Bonchev–Trinajstić information content (AvgIpc) is 2.40. The molecule has 0 saturated carbocycles. The summed E-state index contributed by atoms with van der Waals surface area (Å²) >= 11 is 0. The van der Waals surface area contributed by atoms with Crippen molar-refractivity contribution in [2.75, 3.05) is 23.8 Å². The van der Waals surface area contributed by atoms with E-state index in [0.29, 0.717) is 5.69 Å². The van der Waals surface area contributed by atoms with Crippen LogP contribution in [0, 0.1) is 0 Å². The molecule has 0 heterocycles. The second-order valence-corrected chi connectivity index (χ2v) is 3.87. The van der Waals surface area contributed by atoms with E-state index in [1.807, 2.05) is 0 Å². The molecule has 0 radical (unpaired) electrons. The highest BCUT2D eigenvalue weighted by Gasteiger charge is 2.19. The molecule has 8 nitrogen and oxygen atoms in total. The molecule has 0 aliphatic rings. The zero-order valence-corrected chi connectivity index (χ0v) is 11.8. The van der Waals surface area contributed by atoms with Gasteiger partial charge in [-0.3, -0.25) is 10.6 Å². The van der Waals surface area contributed by atoms with E-state index >= 15 is 0 Å². The number of benzene rings is 1. The zero-order valence-electron chi connectivity index (χ0n) is 11.8. The Kier molecular flexibility index (Phi) is 6.50. The average molecular weight is 296 g/mol. The van der Waals surface area contributed by atoms with Crippen molar-refractivity contribution in [3.63, 3.8) is 0 Å². The van der Waals surface area contributed by atoms with Gasteiger partial charge in [0.25, 0.3) is 0 Å². The first-order chi connectivity index (χ1) is 9.97. The van der Waals surface area contributed by atoms with Crippen LogP contribution in [0.25, 0.3) is 0 Å². The number of rotatable bonds is 5. The summed E-state index contributed by atoms with van der Waals surface area (Å²) in [7, 11) is -1.83. The fourth-order valence-electron chi connectivity index (χ4n) is 1.53. The van der Waals surface area contributed by atoms with Gasteiger partial charge in [0.15, 0.2) is 0 Å². The van der Waals surface area contributed by atoms with Crippen molar-refractivity contribution in [3.8, 4) is 0 Å². The number of hydrogen-bond donors (Lipinski definition) is 4. The molecule has 1 aromatic carbocycles. The van der Waals surface area contributed by atoms with E-state index < -0.39 is 19.3 Å². The SMILES string of the molecule is CCOC(=O)Nc1ccc(NC(=O)OCC)c(B(O)O)c1. The van der Waals surface area contributed by atoms with E-state index in [1.165, 1.54) is 18.2 Å². The lowest BCUT2D eigenvalue weighted by Crippen LogP contribution is -2.34. The predicted molar refractivity (Wildman–Crippen MR) is 77.6 cm³/mol. The first-order valence-corrected chi connectivity index (χ1v) is 6.35. The van der Waals surface area contributed by atoms with E-state index in [-0.39, 0.29) is 24.4 Å². The summed E-state index contributed by atoms with van der Waals surface area (Å²) < 4.78 is 9.41. The van der Waals surface area contributed by atoms with Gasteiger partial charge in [-0.1, -0.05) is 0 Å². The molecule has 1 aromatic rings. The number of nitrogens with one attached hydrogen (secondary N) is 2. The first kappa shape index (κ1) is 16.8. The quantitative estimate of drug-likeness (QED) is 0.588. The molecule has 0 fully saturated rings. The predicted octanol–water partition coefficient (Wildman–Crippen LogP) is 0.503. The van der Waals surface area contributed by atoms with Crippen molar-refractivity contribution in [3.05, 3.63) is 18.2 Å². The van der Waals surface area contributed by atoms with E-state index in [9.17, 15) is 19.6 Å². The highest BCUT2D eigenvalue weighted by Crippen LogP contribution is 2.13. The van der Waals surface area contributed by atoms with Crippen molar-refractivity contribution in [1.82, 2.24) is 0 Å². The molecular formula is C12H17BN2O6. The second kappa shape index (κ2) is 8.13. The summed E-state index contributed by atoms with van der Waals surface area (Å²) in [4.78, 5) is 22.6. The Morgan fingerprint density at radius 3 is 2.19 bits per heavy atom. The lowest BCUT2D eigenvalue weighted by atomic mass is 9.78. The minimum absolute atomic E-state index is 0.0114. The second-order valence-electron chi connectivity index (χ2n) is 3.87. The standard InChI is InChI=1S/C12H17BN2O6/c1-3-20-11(16)14-8-5-6-10(9(7-8)13(18)19)15-12(17)21-4-2/h5-7,18-19H,3-4H2,1-2H3,(H,14,16)(H,15,17). The van der Waals surface area contributed by atoms with Crippen molar-refractivity contribution < 1.29 is 29.1 Å². The maximum Gasteiger partial charge on any atom is 0.490 e. The fraction of sp³-hybridized carbons (Fsp3) is 0.333. The molecule has 4 N–H and O–H groups in total. The molecule has 2 amide bonds. The maximum absolute atomic E-state index is 11.3. The van der Waals surface area contributed by atoms with Gasteiger partial charge in [-0.2, -0.15) is 0 Å². The largest absolute Gasteiger partial charge is 0.490 e. The number of amides is 2. The Hall–Kier alpha value is -2.26. The molecule has 0 bridgehead atoms. The Labute approximate surface area is 122 Å². The summed E-state index contributed by atoms with van der Waals surface area (Å²) in [5.41, 5.74) is 0.473. The molecule has 9 heteroatoms. The summed E-state index contributed by atoms with van der Waals surface area (Å²) in [6.07, 6.45) is -1.38. The fourth-order valence-corrected chi connectivity index (χ4v) is 1.53. The van der Waals surface area contributed by atoms with Gasteiger partial charge < -0.3 is 19.5 Å².